The molecule has 0 aliphatic rings. The number of rotatable bonds is 2. The first kappa shape index (κ1) is 11.1. The first-order chi connectivity index (χ1) is 8.81. The topological polar surface area (TPSA) is 38.7 Å². The molecule has 0 fully saturated rings. The summed E-state index contributed by atoms with van der Waals surface area (Å²) in [4.78, 5) is 13.8. The van der Waals surface area contributed by atoms with E-state index >= 15 is 0 Å². The van der Waals surface area contributed by atoms with E-state index in [2.05, 4.69) is 31.0 Å². The Balaban J connectivity index is 2.36. The summed E-state index contributed by atoms with van der Waals surface area (Å²) in [6, 6.07) is 8.10. The van der Waals surface area contributed by atoms with Gasteiger partial charge in [-0.2, -0.15) is 0 Å². The quantitative estimate of drug-likeness (QED) is 0.642. The maximum atomic E-state index is 4.72. The molecule has 18 heavy (non-hydrogen) atoms. The first-order valence-electron chi connectivity index (χ1n) is 6.36. The molecule has 0 aliphatic heterocycles. The molecule has 0 aliphatic carbocycles. The van der Waals surface area contributed by atoms with Crippen molar-refractivity contribution in [3.63, 3.8) is 0 Å². The van der Waals surface area contributed by atoms with Crippen LogP contribution in [0.4, 0.5) is 0 Å². The Morgan fingerprint density at radius 3 is 2.22 bits per heavy atom. The maximum Gasteiger partial charge on any atom is 0.0912 e. The molecule has 0 bridgehead atoms. The minimum Gasteiger partial charge on any atom is -0.256 e. The number of nitrogens with zero attached hydrogens (tertiary/aromatic N) is 3. The smallest absolute Gasteiger partial charge is 0.0912 e. The Hall–Kier alpha value is -2.03. The van der Waals surface area contributed by atoms with E-state index in [9.17, 15) is 0 Å². The highest BCUT2D eigenvalue weighted by molar-refractivity contribution is 5.92. The van der Waals surface area contributed by atoms with E-state index in [1.165, 1.54) is 0 Å². The average Bonchev–Trinajstić information content (AvgIpc) is 2.43. The van der Waals surface area contributed by atoms with Crippen LogP contribution in [0, 0.1) is 0 Å². The maximum absolute atomic E-state index is 4.72. The van der Waals surface area contributed by atoms with Gasteiger partial charge in [0.05, 0.1) is 27.9 Å². The molecule has 2 aromatic heterocycles. The molecule has 0 saturated carbocycles. The zero-order chi connectivity index (χ0) is 12.5. The fourth-order valence-corrected chi connectivity index (χ4v) is 2.26. The summed E-state index contributed by atoms with van der Waals surface area (Å²) < 4.78 is 0. The molecule has 0 N–H and O–H groups in total. The van der Waals surface area contributed by atoms with Gasteiger partial charge in [-0.15, -0.1) is 0 Å². The normalized spacial score (nSPS) is 11.2. The minimum absolute atomic E-state index is 0.923. The highest BCUT2D eigenvalue weighted by atomic mass is 14.8. The highest BCUT2D eigenvalue weighted by Crippen LogP contribution is 2.20. The molecule has 0 amide bonds. The average molecular weight is 237 g/mol. The lowest BCUT2D eigenvalue weighted by molar-refractivity contribution is 0.930. The van der Waals surface area contributed by atoms with Crippen LogP contribution < -0.4 is 0 Å². The van der Waals surface area contributed by atoms with Crippen molar-refractivity contribution in [3.8, 4) is 0 Å². The highest BCUT2D eigenvalue weighted by Gasteiger charge is 2.07. The molecule has 3 rings (SSSR count). The Kier molecular flexibility index (Phi) is 2.67. The molecule has 3 nitrogen and oxygen atoms in total. The Morgan fingerprint density at radius 2 is 1.56 bits per heavy atom. The van der Waals surface area contributed by atoms with Gasteiger partial charge in [-0.25, -0.2) is 9.97 Å². The summed E-state index contributed by atoms with van der Waals surface area (Å²) in [6.07, 6.45) is 3.66. The summed E-state index contributed by atoms with van der Waals surface area (Å²) >= 11 is 0. The largest absolute Gasteiger partial charge is 0.256 e. The second-order valence-electron chi connectivity index (χ2n) is 4.36. The Labute approximate surface area is 106 Å². The van der Waals surface area contributed by atoms with Gasteiger partial charge in [-0.05, 0) is 31.0 Å². The van der Waals surface area contributed by atoms with Crippen molar-refractivity contribution >= 4 is 21.9 Å². The van der Waals surface area contributed by atoms with Crippen LogP contribution in [0.2, 0.25) is 0 Å². The fraction of sp³-hybridized carbons (Fsp3) is 0.267. The van der Waals surface area contributed by atoms with Crippen molar-refractivity contribution in [1.82, 2.24) is 15.0 Å². The van der Waals surface area contributed by atoms with Crippen LogP contribution in [0.1, 0.15) is 25.2 Å². The minimum atomic E-state index is 0.923. The van der Waals surface area contributed by atoms with Crippen molar-refractivity contribution in [2.75, 3.05) is 0 Å². The molecule has 2 heterocycles. The van der Waals surface area contributed by atoms with E-state index in [4.69, 9.17) is 9.97 Å². The Morgan fingerprint density at radius 1 is 0.889 bits per heavy atom. The third kappa shape index (κ3) is 1.72. The molecule has 0 radical (unpaired) electrons. The van der Waals surface area contributed by atoms with Crippen molar-refractivity contribution in [1.29, 1.82) is 0 Å². The summed E-state index contributed by atoms with van der Waals surface area (Å²) in [5, 5.41) is 1.12. The fourth-order valence-electron chi connectivity index (χ4n) is 2.26. The van der Waals surface area contributed by atoms with Gasteiger partial charge in [0.2, 0.25) is 0 Å². The van der Waals surface area contributed by atoms with Crippen LogP contribution in [-0.4, -0.2) is 15.0 Å². The lowest BCUT2D eigenvalue weighted by Crippen LogP contribution is -2.00. The number of hydrogen-bond donors (Lipinski definition) is 0. The third-order valence-electron chi connectivity index (χ3n) is 3.21. The van der Waals surface area contributed by atoms with Crippen molar-refractivity contribution in [2.24, 2.45) is 0 Å². The lowest BCUT2D eigenvalue weighted by Gasteiger charge is -2.07. The molecule has 0 saturated heterocycles. The van der Waals surface area contributed by atoms with Crippen LogP contribution in [0.25, 0.3) is 21.9 Å². The molecule has 90 valence electrons. The van der Waals surface area contributed by atoms with Crippen molar-refractivity contribution < 1.29 is 0 Å². The van der Waals surface area contributed by atoms with Gasteiger partial charge in [-0.1, -0.05) is 19.9 Å². The van der Waals surface area contributed by atoms with Crippen LogP contribution in [0.5, 0.6) is 0 Å². The second kappa shape index (κ2) is 4.33. The number of aryl methyl sites for hydroxylation is 2. The molecule has 1 aromatic carbocycles. The predicted octanol–water partition coefficient (Wildman–Crippen LogP) is 3.30. The number of hydrogen-bond acceptors (Lipinski definition) is 3. The van der Waals surface area contributed by atoms with Gasteiger partial charge in [0.1, 0.15) is 0 Å². The van der Waals surface area contributed by atoms with E-state index in [1.54, 1.807) is 0 Å². The van der Waals surface area contributed by atoms with Gasteiger partial charge in [0, 0.05) is 11.6 Å². The zero-order valence-electron chi connectivity index (χ0n) is 10.6. The molecule has 3 heteroatoms. The van der Waals surface area contributed by atoms with Crippen molar-refractivity contribution in [2.45, 2.75) is 26.7 Å². The van der Waals surface area contributed by atoms with Gasteiger partial charge >= 0.3 is 0 Å². The number of fused-ring (bicyclic) bond motifs is 2. The van der Waals surface area contributed by atoms with Gasteiger partial charge in [-0.3, -0.25) is 4.98 Å². The van der Waals surface area contributed by atoms with E-state index in [-0.39, 0.29) is 0 Å². The van der Waals surface area contributed by atoms with Crippen molar-refractivity contribution in [3.05, 3.63) is 41.9 Å². The van der Waals surface area contributed by atoms with E-state index < -0.39 is 0 Å². The zero-order valence-corrected chi connectivity index (χ0v) is 10.6. The molecule has 0 unspecified atom stereocenters. The van der Waals surface area contributed by atoms with Crippen LogP contribution in [0.3, 0.4) is 0 Å². The molecule has 0 atom stereocenters. The summed E-state index contributed by atoms with van der Waals surface area (Å²) in [6.45, 7) is 4.24. The summed E-state index contributed by atoms with van der Waals surface area (Å²) in [5.74, 6) is 0. The monoisotopic (exact) mass is 237 g/mol. The third-order valence-corrected chi connectivity index (χ3v) is 3.21. The molecule has 3 aromatic rings. The SMILES string of the molecule is CCc1nc2cc3cccnc3cc2nc1CC. The van der Waals surface area contributed by atoms with E-state index in [0.29, 0.717) is 0 Å². The first-order valence-corrected chi connectivity index (χ1v) is 6.36. The van der Waals surface area contributed by atoms with Crippen LogP contribution in [-0.2, 0) is 12.8 Å². The van der Waals surface area contributed by atoms with Gasteiger partial charge in [0.25, 0.3) is 0 Å². The number of pyridine rings is 1. The summed E-state index contributed by atoms with van der Waals surface area (Å²) in [7, 11) is 0. The van der Waals surface area contributed by atoms with Crippen LogP contribution >= 0.6 is 0 Å². The molecular weight excluding hydrogens is 222 g/mol. The van der Waals surface area contributed by atoms with Gasteiger partial charge in [0.15, 0.2) is 0 Å². The van der Waals surface area contributed by atoms with E-state index in [0.717, 1.165) is 46.2 Å². The molecule has 0 spiro atoms. The number of benzene rings is 1. The predicted molar refractivity (Wildman–Crippen MR) is 73.6 cm³/mol. The summed E-state index contributed by atoms with van der Waals surface area (Å²) in [5.41, 5.74) is 5.08. The molecular formula is C15H15N3. The standard InChI is InChI=1S/C15H15N3/c1-3-11-12(4-2)18-15-9-13-10(6-5-7-16-13)8-14(15)17-11/h5-9H,3-4H2,1-2H3. The second-order valence-corrected chi connectivity index (χ2v) is 4.36. The van der Waals surface area contributed by atoms with Crippen LogP contribution in [0.15, 0.2) is 30.5 Å². The van der Waals surface area contributed by atoms with Gasteiger partial charge < -0.3 is 0 Å². The number of aromatic nitrogens is 3. The Bertz CT molecular complexity index is 657. The lowest BCUT2D eigenvalue weighted by atomic mass is 10.1. The van der Waals surface area contributed by atoms with E-state index in [1.807, 2.05) is 18.3 Å².